The van der Waals surface area contributed by atoms with Crippen molar-refractivity contribution < 1.29 is 23.9 Å². The van der Waals surface area contributed by atoms with Crippen LogP contribution in [0.25, 0.3) is 0 Å². The highest BCUT2D eigenvalue weighted by Crippen LogP contribution is 2.37. The zero-order valence-corrected chi connectivity index (χ0v) is 17.3. The van der Waals surface area contributed by atoms with Gasteiger partial charge in [-0.25, -0.2) is 9.69 Å². The molecule has 0 bridgehead atoms. The van der Waals surface area contributed by atoms with Gasteiger partial charge in [-0.15, -0.1) is 0 Å². The topological polar surface area (TPSA) is 76.1 Å². The van der Waals surface area contributed by atoms with Gasteiger partial charge in [0.15, 0.2) is 8.32 Å². The molecular formula is C17H33NO5Si. The van der Waals surface area contributed by atoms with Crippen LogP contribution in [-0.2, 0) is 14.0 Å². The minimum absolute atomic E-state index is 0.0367. The van der Waals surface area contributed by atoms with Crippen molar-refractivity contribution in [3.63, 3.8) is 0 Å². The third-order valence-corrected chi connectivity index (χ3v) is 9.25. The maximum Gasteiger partial charge on any atom is 0.417 e. The first-order valence-electron chi connectivity index (χ1n) is 8.52. The van der Waals surface area contributed by atoms with Crippen molar-refractivity contribution in [2.45, 2.75) is 77.8 Å². The van der Waals surface area contributed by atoms with E-state index in [1.807, 2.05) is 0 Å². The Bertz CT molecular complexity index is 478. The van der Waals surface area contributed by atoms with Crippen molar-refractivity contribution in [3.05, 3.63) is 0 Å². The predicted molar refractivity (Wildman–Crippen MR) is 95.2 cm³/mol. The van der Waals surface area contributed by atoms with Gasteiger partial charge in [-0.2, -0.15) is 0 Å². The molecule has 1 saturated heterocycles. The first kappa shape index (κ1) is 21.1. The van der Waals surface area contributed by atoms with Gasteiger partial charge in [0, 0.05) is 6.54 Å². The quantitative estimate of drug-likeness (QED) is 0.780. The van der Waals surface area contributed by atoms with E-state index in [4.69, 9.17) is 9.16 Å². The molecule has 6 nitrogen and oxygen atoms in total. The lowest BCUT2D eigenvalue weighted by atomic mass is 10.0. The standard InChI is InChI=1S/C17H33NO5Si/c1-16(2,3)23-15(21)18-10-9-12(14(18)20)13(19)11-22-24(7,8)17(4,5)6/h12-13,19H,9-11H2,1-8H3. The molecule has 2 amide bonds. The lowest BCUT2D eigenvalue weighted by Gasteiger charge is -2.37. The second kappa shape index (κ2) is 7.13. The average molecular weight is 360 g/mol. The highest BCUT2D eigenvalue weighted by Gasteiger charge is 2.43. The maximum atomic E-state index is 12.4. The number of imide groups is 1. The Kier molecular flexibility index (Phi) is 6.28. The number of amides is 2. The van der Waals surface area contributed by atoms with Crippen molar-refractivity contribution in [3.8, 4) is 0 Å². The summed E-state index contributed by atoms with van der Waals surface area (Å²) in [5.41, 5.74) is -0.653. The van der Waals surface area contributed by atoms with E-state index in [-0.39, 0.29) is 24.1 Å². The van der Waals surface area contributed by atoms with Crippen LogP contribution in [0.1, 0.15) is 48.0 Å². The molecule has 7 heteroatoms. The van der Waals surface area contributed by atoms with E-state index in [2.05, 4.69) is 33.9 Å². The molecule has 0 aromatic carbocycles. The van der Waals surface area contributed by atoms with Crippen LogP contribution in [0.3, 0.4) is 0 Å². The summed E-state index contributed by atoms with van der Waals surface area (Å²) in [7, 11) is -1.99. The number of nitrogens with zero attached hydrogens (tertiary/aromatic N) is 1. The Morgan fingerprint density at radius 1 is 1.29 bits per heavy atom. The van der Waals surface area contributed by atoms with E-state index in [0.29, 0.717) is 6.42 Å². The Hall–Kier alpha value is -0.923. The number of carbonyl (C=O) groups excluding carboxylic acids is 2. The number of ether oxygens (including phenoxy) is 1. The number of aliphatic hydroxyl groups is 1. The lowest BCUT2D eigenvalue weighted by Crippen LogP contribution is -2.45. The van der Waals surface area contributed by atoms with E-state index in [0.717, 1.165) is 4.90 Å². The van der Waals surface area contributed by atoms with Crippen LogP contribution in [0.4, 0.5) is 4.79 Å². The Morgan fingerprint density at radius 2 is 1.83 bits per heavy atom. The van der Waals surface area contributed by atoms with Gasteiger partial charge in [0.05, 0.1) is 18.6 Å². The van der Waals surface area contributed by atoms with Gasteiger partial charge < -0.3 is 14.3 Å². The summed E-state index contributed by atoms with van der Waals surface area (Å²) in [6.45, 7) is 16.2. The Balaban J connectivity index is 2.64. The van der Waals surface area contributed by atoms with E-state index >= 15 is 0 Å². The largest absolute Gasteiger partial charge is 0.443 e. The third-order valence-electron chi connectivity index (χ3n) is 4.75. The van der Waals surface area contributed by atoms with Crippen molar-refractivity contribution >= 4 is 20.3 Å². The average Bonchev–Trinajstić information content (AvgIpc) is 2.74. The van der Waals surface area contributed by atoms with E-state index in [1.54, 1.807) is 20.8 Å². The molecule has 0 saturated carbocycles. The number of likely N-dealkylation sites (tertiary alicyclic amines) is 1. The first-order chi connectivity index (χ1) is 10.7. The molecule has 0 aromatic rings. The molecule has 1 heterocycles. The molecule has 1 rings (SSSR count). The molecular weight excluding hydrogens is 326 g/mol. The highest BCUT2D eigenvalue weighted by molar-refractivity contribution is 6.74. The first-order valence-corrected chi connectivity index (χ1v) is 11.4. The smallest absolute Gasteiger partial charge is 0.417 e. The number of rotatable bonds is 4. The summed E-state index contributed by atoms with van der Waals surface area (Å²) in [5, 5.41) is 10.4. The van der Waals surface area contributed by atoms with Crippen LogP contribution in [0.5, 0.6) is 0 Å². The molecule has 1 N–H and O–H groups in total. The van der Waals surface area contributed by atoms with Crippen LogP contribution in [0.2, 0.25) is 18.1 Å². The molecule has 2 atom stereocenters. The van der Waals surface area contributed by atoms with Gasteiger partial charge in [-0.05, 0) is 45.3 Å². The Labute approximate surface area is 146 Å². The fraction of sp³-hybridized carbons (Fsp3) is 0.882. The predicted octanol–water partition coefficient (Wildman–Crippen LogP) is 3.15. The summed E-state index contributed by atoms with van der Waals surface area (Å²) in [6.07, 6.45) is -1.12. The van der Waals surface area contributed by atoms with Crippen LogP contribution in [0.15, 0.2) is 0 Å². The van der Waals surface area contributed by atoms with Crippen LogP contribution >= 0.6 is 0 Å². The fourth-order valence-corrected chi connectivity index (χ4v) is 3.20. The molecule has 140 valence electrons. The van der Waals surface area contributed by atoms with Crippen LogP contribution in [-0.4, -0.2) is 55.2 Å². The lowest BCUT2D eigenvalue weighted by molar-refractivity contribution is -0.133. The molecule has 1 fully saturated rings. The van der Waals surface area contributed by atoms with Gasteiger partial charge >= 0.3 is 6.09 Å². The normalized spacial score (nSPS) is 21.1. The van der Waals surface area contributed by atoms with Gasteiger partial charge in [-0.3, -0.25) is 4.79 Å². The minimum atomic E-state index is -1.99. The molecule has 24 heavy (non-hydrogen) atoms. The van der Waals surface area contributed by atoms with Gasteiger partial charge in [0.25, 0.3) is 0 Å². The fourth-order valence-electron chi connectivity index (χ4n) is 2.18. The molecule has 1 aliphatic rings. The second-order valence-electron chi connectivity index (χ2n) is 9.00. The molecule has 0 spiro atoms. The van der Waals surface area contributed by atoms with Crippen molar-refractivity contribution in [2.75, 3.05) is 13.2 Å². The summed E-state index contributed by atoms with van der Waals surface area (Å²) >= 11 is 0. The van der Waals surface area contributed by atoms with E-state index in [1.165, 1.54) is 0 Å². The Morgan fingerprint density at radius 3 is 2.29 bits per heavy atom. The summed E-state index contributed by atoms with van der Waals surface area (Å²) in [5.74, 6) is -0.988. The number of aliphatic hydroxyl groups excluding tert-OH is 1. The minimum Gasteiger partial charge on any atom is -0.443 e. The third kappa shape index (κ3) is 5.29. The highest BCUT2D eigenvalue weighted by atomic mass is 28.4. The number of hydrogen-bond acceptors (Lipinski definition) is 5. The van der Waals surface area contributed by atoms with Crippen molar-refractivity contribution in [2.24, 2.45) is 5.92 Å². The molecule has 1 aliphatic heterocycles. The molecule has 0 radical (unpaired) electrons. The van der Waals surface area contributed by atoms with Gasteiger partial charge in [-0.1, -0.05) is 20.8 Å². The SMILES string of the molecule is CC(C)(C)OC(=O)N1CCC(C(O)CO[Si](C)(C)C(C)(C)C)C1=O. The zero-order valence-electron chi connectivity index (χ0n) is 16.3. The van der Waals surface area contributed by atoms with Crippen molar-refractivity contribution in [1.82, 2.24) is 4.90 Å². The maximum absolute atomic E-state index is 12.4. The second-order valence-corrected chi connectivity index (χ2v) is 13.8. The molecule has 0 aromatic heterocycles. The summed E-state index contributed by atoms with van der Waals surface area (Å²) in [4.78, 5) is 25.6. The zero-order chi connectivity index (χ0) is 18.9. The van der Waals surface area contributed by atoms with Crippen LogP contribution in [0, 0.1) is 5.92 Å². The van der Waals surface area contributed by atoms with Crippen molar-refractivity contribution in [1.29, 1.82) is 0 Å². The molecule has 2 unspecified atom stereocenters. The number of hydrogen-bond donors (Lipinski definition) is 1. The van der Waals surface area contributed by atoms with Crippen LogP contribution < -0.4 is 0 Å². The van der Waals surface area contributed by atoms with E-state index in [9.17, 15) is 14.7 Å². The van der Waals surface area contributed by atoms with Gasteiger partial charge in [0.1, 0.15) is 5.60 Å². The molecule has 0 aliphatic carbocycles. The number of carbonyl (C=O) groups is 2. The summed E-state index contributed by atoms with van der Waals surface area (Å²) < 4.78 is 11.2. The van der Waals surface area contributed by atoms with Gasteiger partial charge in [0.2, 0.25) is 5.91 Å². The monoisotopic (exact) mass is 359 g/mol. The summed E-state index contributed by atoms with van der Waals surface area (Å²) in [6, 6.07) is 0. The van der Waals surface area contributed by atoms with E-state index < -0.39 is 32.0 Å².